The van der Waals surface area contributed by atoms with Gasteiger partial charge in [0.25, 0.3) is 0 Å². The van der Waals surface area contributed by atoms with Gasteiger partial charge in [-0.15, -0.1) is 0 Å². The van der Waals surface area contributed by atoms with Gasteiger partial charge in [-0.2, -0.15) is 0 Å². The van der Waals surface area contributed by atoms with E-state index in [9.17, 15) is 4.79 Å². The van der Waals surface area contributed by atoms with Crippen LogP contribution >= 0.6 is 0 Å². The molecule has 0 bridgehead atoms. The van der Waals surface area contributed by atoms with Gasteiger partial charge in [0, 0.05) is 26.3 Å². The number of piperidine rings is 1. The van der Waals surface area contributed by atoms with Crippen LogP contribution in [0.1, 0.15) is 31.4 Å². The molecule has 0 aliphatic carbocycles. The van der Waals surface area contributed by atoms with Gasteiger partial charge in [0.2, 0.25) is 5.91 Å². The van der Waals surface area contributed by atoms with E-state index in [2.05, 4.69) is 10.3 Å². The molecule has 0 aromatic carbocycles. The topological polar surface area (TPSA) is 54.5 Å². The summed E-state index contributed by atoms with van der Waals surface area (Å²) in [6, 6.07) is 5.80. The van der Waals surface area contributed by atoms with Crippen LogP contribution in [-0.2, 0) is 16.1 Å². The molecule has 122 valence electrons. The van der Waals surface area contributed by atoms with E-state index in [1.807, 2.05) is 23.1 Å². The number of nitrogens with zero attached hydrogens (tertiary/aromatic N) is 2. The molecule has 5 nitrogen and oxygen atoms in total. The molecular weight excluding hydrogens is 278 g/mol. The van der Waals surface area contributed by atoms with Crippen molar-refractivity contribution in [2.24, 2.45) is 5.92 Å². The summed E-state index contributed by atoms with van der Waals surface area (Å²) in [5.74, 6) is 0.894. The SMILES string of the molecule is COCCN(Cc1ccccn1)C(=O)CCC1CCNCC1. The van der Waals surface area contributed by atoms with Gasteiger partial charge in [0.15, 0.2) is 0 Å². The average molecular weight is 305 g/mol. The summed E-state index contributed by atoms with van der Waals surface area (Å²) in [6.45, 7) is 3.92. The second-order valence-electron chi connectivity index (χ2n) is 5.86. The molecule has 5 heteroatoms. The van der Waals surface area contributed by atoms with E-state index in [-0.39, 0.29) is 5.91 Å². The van der Waals surface area contributed by atoms with Crippen molar-refractivity contribution < 1.29 is 9.53 Å². The van der Waals surface area contributed by atoms with Crippen LogP contribution in [0.15, 0.2) is 24.4 Å². The predicted octanol–water partition coefficient (Wildman–Crippen LogP) is 1.84. The van der Waals surface area contributed by atoms with Crippen LogP contribution in [0, 0.1) is 5.92 Å². The molecular formula is C17H27N3O2. The van der Waals surface area contributed by atoms with Crippen LogP contribution in [0.25, 0.3) is 0 Å². The van der Waals surface area contributed by atoms with Crippen molar-refractivity contribution in [3.05, 3.63) is 30.1 Å². The highest BCUT2D eigenvalue weighted by molar-refractivity contribution is 5.76. The lowest BCUT2D eigenvalue weighted by atomic mass is 9.93. The molecule has 1 aromatic heterocycles. The fourth-order valence-electron chi connectivity index (χ4n) is 2.84. The van der Waals surface area contributed by atoms with Gasteiger partial charge in [0.05, 0.1) is 18.8 Å². The summed E-state index contributed by atoms with van der Waals surface area (Å²) >= 11 is 0. The van der Waals surface area contributed by atoms with Crippen molar-refractivity contribution in [3.8, 4) is 0 Å². The second kappa shape index (κ2) is 9.54. The van der Waals surface area contributed by atoms with Crippen LogP contribution in [0.2, 0.25) is 0 Å². The number of methoxy groups -OCH3 is 1. The molecule has 0 radical (unpaired) electrons. The van der Waals surface area contributed by atoms with Crippen LogP contribution in [-0.4, -0.2) is 49.1 Å². The van der Waals surface area contributed by atoms with E-state index < -0.39 is 0 Å². The van der Waals surface area contributed by atoms with Crippen LogP contribution in [0.3, 0.4) is 0 Å². The number of carbonyl (C=O) groups is 1. The Bertz CT molecular complexity index is 433. The zero-order valence-corrected chi connectivity index (χ0v) is 13.5. The smallest absolute Gasteiger partial charge is 0.223 e. The summed E-state index contributed by atoms with van der Waals surface area (Å²) in [4.78, 5) is 18.7. The lowest BCUT2D eigenvalue weighted by Gasteiger charge is -2.25. The third-order valence-corrected chi connectivity index (χ3v) is 4.22. The first kappa shape index (κ1) is 16.9. The van der Waals surface area contributed by atoms with Crippen LogP contribution < -0.4 is 5.32 Å². The first-order valence-corrected chi connectivity index (χ1v) is 8.17. The Balaban J connectivity index is 1.84. The number of amides is 1. The highest BCUT2D eigenvalue weighted by Gasteiger charge is 2.18. The fourth-order valence-corrected chi connectivity index (χ4v) is 2.84. The summed E-state index contributed by atoms with van der Waals surface area (Å²) in [7, 11) is 1.67. The number of nitrogens with one attached hydrogen (secondary N) is 1. The maximum absolute atomic E-state index is 12.5. The normalized spacial score (nSPS) is 15.7. The van der Waals surface area contributed by atoms with E-state index in [0.29, 0.717) is 32.0 Å². The number of pyridine rings is 1. The number of ether oxygens (including phenoxy) is 1. The molecule has 1 saturated heterocycles. The summed E-state index contributed by atoms with van der Waals surface area (Å²) < 4.78 is 5.13. The Morgan fingerprint density at radius 1 is 1.41 bits per heavy atom. The molecule has 22 heavy (non-hydrogen) atoms. The molecule has 1 amide bonds. The summed E-state index contributed by atoms with van der Waals surface area (Å²) in [5.41, 5.74) is 0.925. The van der Waals surface area contributed by atoms with Gasteiger partial charge in [0.1, 0.15) is 0 Å². The number of rotatable bonds is 8. The van der Waals surface area contributed by atoms with Crippen molar-refractivity contribution in [3.63, 3.8) is 0 Å². The quantitative estimate of drug-likeness (QED) is 0.796. The van der Waals surface area contributed by atoms with Crippen molar-refractivity contribution in [1.29, 1.82) is 0 Å². The van der Waals surface area contributed by atoms with Crippen LogP contribution in [0.4, 0.5) is 0 Å². The number of hydrogen-bond donors (Lipinski definition) is 1. The van der Waals surface area contributed by atoms with E-state index in [4.69, 9.17) is 4.74 Å². The van der Waals surface area contributed by atoms with Gasteiger partial charge < -0.3 is 15.0 Å². The monoisotopic (exact) mass is 305 g/mol. The maximum Gasteiger partial charge on any atom is 0.223 e. The molecule has 1 N–H and O–H groups in total. The molecule has 0 unspecified atom stereocenters. The molecule has 2 heterocycles. The molecule has 0 atom stereocenters. The summed E-state index contributed by atoms with van der Waals surface area (Å²) in [6.07, 6.45) is 5.76. The van der Waals surface area contributed by atoms with Crippen molar-refractivity contribution in [2.45, 2.75) is 32.2 Å². The first-order valence-electron chi connectivity index (χ1n) is 8.17. The Hall–Kier alpha value is -1.46. The second-order valence-corrected chi connectivity index (χ2v) is 5.86. The van der Waals surface area contributed by atoms with Crippen molar-refractivity contribution in [1.82, 2.24) is 15.2 Å². The standard InChI is InChI=1S/C17H27N3O2/c1-22-13-12-20(14-16-4-2-3-9-19-16)17(21)6-5-15-7-10-18-11-8-15/h2-4,9,15,18H,5-8,10-14H2,1H3. The molecule has 1 fully saturated rings. The average Bonchev–Trinajstić information content (AvgIpc) is 2.58. The predicted molar refractivity (Wildman–Crippen MR) is 86.4 cm³/mol. The van der Waals surface area contributed by atoms with Crippen molar-refractivity contribution in [2.75, 3.05) is 33.4 Å². The minimum Gasteiger partial charge on any atom is -0.383 e. The third-order valence-electron chi connectivity index (χ3n) is 4.22. The number of aromatic nitrogens is 1. The Kier molecular flexibility index (Phi) is 7.33. The Labute approximate surface area is 133 Å². The van der Waals surface area contributed by atoms with Gasteiger partial charge in [-0.05, 0) is 50.4 Å². The van der Waals surface area contributed by atoms with E-state index in [0.717, 1.165) is 25.2 Å². The van der Waals surface area contributed by atoms with Crippen molar-refractivity contribution >= 4 is 5.91 Å². The van der Waals surface area contributed by atoms with Crippen LogP contribution in [0.5, 0.6) is 0 Å². The van der Waals surface area contributed by atoms with E-state index in [1.54, 1.807) is 13.3 Å². The highest BCUT2D eigenvalue weighted by atomic mass is 16.5. The van der Waals surface area contributed by atoms with Gasteiger partial charge in [-0.25, -0.2) is 0 Å². The first-order chi connectivity index (χ1) is 10.8. The maximum atomic E-state index is 12.5. The largest absolute Gasteiger partial charge is 0.383 e. The molecule has 2 rings (SSSR count). The molecule has 1 aromatic rings. The summed E-state index contributed by atoms with van der Waals surface area (Å²) in [5, 5.41) is 3.37. The zero-order valence-electron chi connectivity index (χ0n) is 13.5. The Morgan fingerprint density at radius 2 is 2.23 bits per heavy atom. The molecule has 1 aliphatic heterocycles. The third kappa shape index (κ3) is 5.73. The number of carbonyl (C=O) groups excluding carboxylic acids is 1. The minimum absolute atomic E-state index is 0.209. The highest BCUT2D eigenvalue weighted by Crippen LogP contribution is 2.18. The fraction of sp³-hybridized carbons (Fsp3) is 0.647. The minimum atomic E-state index is 0.209. The molecule has 1 aliphatic rings. The van der Waals surface area contributed by atoms with E-state index in [1.165, 1.54) is 12.8 Å². The van der Waals surface area contributed by atoms with Gasteiger partial charge in [-0.3, -0.25) is 9.78 Å². The molecule has 0 saturated carbocycles. The zero-order chi connectivity index (χ0) is 15.6. The van der Waals surface area contributed by atoms with Gasteiger partial charge in [-0.1, -0.05) is 6.07 Å². The number of hydrogen-bond acceptors (Lipinski definition) is 4. The lowest BCUT2D eigenvalue weighted by molar-refractivity contribution is -0.132. The van der Waals surface area contributed by atoms with E-state index >= 15 is 0 Å². The van der Waals surface area contributed by atoms with Gasteiger partial charge >= 0.3 is 0 Å². The molecule has 0 spiro atoms. The Morgan fingerprint density at radius 3 is 2.91 bits per heavy atom. The lowest BCUT2D eigenvalue weighted by Crippen LogP contribution is -2.34.